The molecule has 172 valence electrons. The molecule has 4 aromatic rings. The van der Waals surface area contributed by atoms with Crippen LogP contribution >= 0.6 is 0 Å². The fourth-order valence-electron chi connectivity index (χ4n) is 3.04. The summed E-state index contributed by atoms with van der Waals surface area (Å²) in [4.78, 5) is 32.3. The Kier molecular flexibility index (Phi) is 7.28. The Morgan fingerprint density at radius 3 is 2.03 bits per heavy atom. The van der Waals surface area contributed by atoms with Gasteiger partial charge in [0.05, 0.1) is 5.56 Å². The molecule has 3 aromatic carbocycles. The normalized spacial score (nSPS) is 10.3. The van der Waals surface area contributed by atoms with Crippen molar-refractivity contribution in [1.29, 1.82) is 0 Å². The van der Waals surface area contributed by atoms with E-state index in [1.807, 2.05) is 24.3 Å². The van der Waals surface area contributed by atoms with Gasteiger partial charge >= 0.3 is 11.9 Å². The number of carbonyl (C=O) groups excluding carboxylic acids is 2. The first kappa shape index (κ1) is 23.4. The Hall–Kier alpha value is -4.78. The van der Waals surface area contributed by atoms with Gasteiger partial charge in [0.1, 0.15) is 11.5 Å². The molecule has 0 aliphatic rings. The maximum Gasteiger partial charge on any atom is 0.343 e. The predicted molar refractivity (Wildman–Crippen MR) is 129 cm³/mol. The molecule has 0 fully saturated rings. The molecule has 7 heteroatoms. The van der Waals surface area contributed by atoms with E-state index in [0.29, 0.717) is 28.5 Å². The van der Waals surface area contributed by atoms with Crippen LogP contribution in [0, 0.1) is 6.92 Å². The molecule has 4 rings (SSSR count). The summed E-state index contributed by atoms with van der Waals surface area (Å²) in [6.45, 7) is 8.77. The molecule has 0 N–H and O–H groups in total. The molecule has 0 spiro atoms. The van der Waals surface area contributed by atoms with E-state index in [1.54, 1.807) is 60.9 Å². The van der Waals surface area contributed by atoms with Crippen molar-refractivity contribution in [2.24, 2.45) is 0 Å². The monoisotopic (exact) mass is 464 g/mol. The average molecular weight is 464 g/mol. The summed E-state index contributed by atoms with van der Waals surface area (Å²) in [5.41, 5.74) is 3.68. The first-order valence-electron chi connectivity index (χ1n) is 10.5. The standard InChI is InChI=1S/C28H20N2O5/c1-3-26(31)34-18-33-24-12-10-22(11-13-24)28(32)35-25-14-8-21(9-15-25)27-29-16-23(17-30-27)20-6-4-19(2)5-7-20/h2-17H,1,18H2. The number of hydrogen-bond acceptors (Lipinski definition) is 7. The lowest BCUT2D eigenvalue weighted by Crippen LogP contribution is -2.09. The summed E-state index contributed by atoms with van der Waals surface area (Å²) >= 11 is 0. The van der Waals surface area contributed by atoms with Crippen LogP contribution < -0.4 is 9.47 Å². The van der Waals surface area contributed by atoms with Crippen LogP contribution in [-0.2, 0) is 9.53 Å². The van der Waals surface area contributed by atoms with E-state index in [2.05, 4.69) is 16.5 Å². The van der Waals surface area contributed by atoms with Crippen LogP contribution in [0.2, 0.25) is 0 Å². The van der Waals surface area contributed by atoms with Gasteiger partial charge in [-0.2, -0.15) is 0 Å². The lowest BCUT2D eigenvalue weighted by Gasteiger charge is -2.08. The van der Waals surface area contributed by atoms with Crippen molar-refractivity contribution in [3.05, 3.63) is 116 Å². The zero-order valence-corrected chi connectivity index (χ0v) is 18.6. The van der Waals surface area contributed by atoms with E-state index < -0.39 is 11.9 Å². The number of hydrogen-bond donors (Lipinski definition) is 0. The van der Waals surface area contributed by atoms with E-state index in [-0.39, 0.29) is 6.79 Å². The number of rotatable bonds is 8. The minimum Gasteiger partial charge on any atom is -0.457 e. The van der Waals surface area contributed by atoms with Crippen molar-refractivity contribution in [3.63, 3.8) is 0 Å². The van der Waals surface area contributed by atoms with E-state index in [9.17, 15) is 9.59 Å². The highest BCUT2D eigenvalue weighted by molar-refractivity contribution is 5.91. The molecule has 0 bridgehead atoms. The Labute approximate surface area is 202 Å². The Morgan fingerprint density at radius 2 is 1.40 bits per heavy atom. The van der Waals surface area contributed by atoms with Gasteiger partial charge in [-0.05, 0) is 66.6 Å². The largest absolute Gasteiger partial charge is 0.457 e. The first-order valence-corrected chi connectivity index (χ1v) is 10.5. The lowest BCUT2D eigenvalue weighted by atomic mass is 10.1. The fraction of sp³-hybridized carbons (Fsp3) is 0.0357. The fourth-order valence-corrected chi connectivity index (χ4v) is 3.04. The molecule has 35 heavy (non-hydrogen) atoms. The number of aromatic nitrogens is 2. The molecule has 0 amide bonds. The van der Waals surface area contributed by atoms with Gasteiger partial charge in [0.2, 0.25) is 6.79 Å². The van der Waals surface area contributed by atoms with Gasteiger partial charge in [0, 0.05) is 29.6 Å². The molecule has 0 saturated carbocycles. The molecule has 0 saturated heterocycles. The summed E-state index contributed by atoms with van der Waals surface area (Å²) in [6, 6.07) is 20.7. The van der Waals surface area contributed by atoms with Crippen LogP contribution in [0.5, 0.6) is 11.5 Å². The molecule has 2 radical (unpaired) electrons. The van der Waals surface area contributed by atoms with Crippen molar-refractivity contribution in [2.45, 2.75) is 0 Å². The average Bonchev–Trinajstić information content (AvgIpc) is 2.90. The van der Waals surface area contributed by atoms with Crippen molar-refractivity contribution >= 4 is 11.9 Å². The summed E-state index contributed by atoms with van der Waals surface area (Å²) < 4.78 is 15.4. The highest BCUT2D eigenvalue weighted by Gasteiger charge is 2.10. The molecular formula is C28H20N2O5. The molecule has 0 aliphatic carbocycles. The Bertz CT molecular complexity index is 1310. The van der Waals surface area contributed by atoms with Crippen LogP contribution in [-0.4, -0.2) is 28.7 Å². The quantitative estimate of drug-likeness (QED) is 0.154. The molecule has 0 atom stereocenters. The van der Waals surface area contributed by atoms with Crippen molar-refractivity contribution in [1.82, 2.24) is 9.97 Å². The second-order valence-electron chi connectivity index (χ2n) is 7.29. The SMILES string of the molecule is [CH]c1ccc(-c2cnc(-c3ccc(OC(=O)c4ccc(OCOC(=O)C=C)cc4)cc3)nc2)cc1. The van der Waals surface area contributed by atoms with E-state index >= 15 is 0 Å². The Morgan fingerprint density at radius 1 is 0.800 bits per heavy atom. The number of nitrogens with zero attached hydrogens (tertiary/aromatic N) is 2. The molecule has 1 heterocycles. The number of carbonyl (C=O) groups is 2. The summed E-state index contributed by atoms with van der Waals surface area (Å²) in [5.74, 6) is 0.264. The lowest BCUT2D eigenvalue weighted by molar-refractivity contribution is -0.144. The first-order chi connectivity index (χ1) is 17.0. The third kappa shape index (κ3) is 6.17. The summed E-state index contributed by atoms with van der Waals surface area (Å²) in [6.07, 6.45) is 4.54. The number of esters is 2. The minimum atomic E-state index is -0.585. The minimum absolute atomic E-state index is 0.255. The van der Waals surface area contributed by atoms with Gasteiger partial charge in [0.15, 0.2) is 5.82 Å². The van der Waals surface area contributed by atoms with Crippen LogP contribution in [0.4, 0.5) is 0 Å². The predicted octanol–water partition coefficient (Wildman–Crippen LogP) is 5.15. The van der Waals surface area contributed by atoms with Crippen LogP contribution in [0.3, 0.4) is 0 Å². The van der Waals surface area contributed by atoms with Gasteiger partial charge in [0.25, 0.3) is 0 Å². The van der Waals surface area contributed by atoms with Gasteiger partial charge in [-0.15, -0.1) is 0 Å². The molecule has 0 unspecified atom stereocenters. The van der Waals surface area contributed by atoms with Crippen LogP contribution in [0.25, 0.3) is 22.5 Å². The zero-order chi connectivity index (χ0) is 24.6. The second kappa shape index (κ2) is 10.9. The van der Waals surface area contributed by atoms with Crippen molar-refractivity contribution in [3.8, 4) is 34.0 Å². The van der Waals surface area contributed by atoms with Gasteiger partial charge in [-0.3, -0.25) is 0 Å². The second-order valence-corrected chi connectivity index (χ2v) is 7.29. The summed E-state index contributed by atoms with van der Waals surface area (Å²) in [5, 5.41) is 0. The summed E-state index contributed by atoms with van der Waals surface area (Å²) in [7, 11) is 0. The zero-order valence-electron chi connectivity index (χ0n) is 18.6. The molecule has 7 nitrogen and oxygen atoms in total. The van der Waals surface area contributed by atoms with Crippen LogP contribution in [0.1, 0.15) is 15.9 Å². The van der Waals surface area contributed by atoms with E-state index in [1.165, 1.54) is 0 Å². The number of benzene rings is 3. The molecular weight excluding hydrogens is 444 g/mol. The van der Waals surface area contributed by atoms with Crippen molar-refractivity contribution in [2.75, 3.05) is 6.79 Å². The maximum atomic E-state index is 12.4. The highest BCUT2D eigenvalue weighted by Crippen LogP contribution is 2.23. The van der Waals surface area contributed by atoms with Gasteiger partial charge < -0.3 is 14.2 Å². The van der Waals surface area contributed by atoms with Crippen molar-refractivity contribution < 1.29 is 23.8 Å². The molecule has 1 aromatic heterocycles. The maximum absolute atomic E-state index is 12.4. The topological polar surface area (TPSA) is 87.6 Å². The van der Waals surface area contributed by atoms with Crippen LogP contribution in [0.15, 0.2) is 97.8 Å². The third-order valence-corrected chi connectivity index (χ3v) is 4.90. The smallest absolute Gasteiger partial charge is 0.343 e. The van der Waals surface area contributed by atoms with Gasteiger partial charge in [-0.25, -0.2) is 19.6 Å². The third-order valence-electron chi connectivity index (χ3n) is 4.90. The molecule has 0 aliphatic heterocycles. The Balaban J connectivity index is 1.35. The van der Waals surface area contributed by atoms with Gasteiger partial charge in [-0.1, -0.05) is 30.8 Å². The highest BCUT2D eigenvalue weighted by atomic mass is 16.7. The van der Waals surface area contributed by atoms with E-state index in [4.69, 9.17) is 21.1 Å². The number of ether oxygens (including phenoxy) is 3. The van der Waals surface area contributed by atoms with E-state index in [0.717, 1.165) is 22.8 Å².